The Labute approximate surface area is 186 Å². The number of phenolic OH excluding ortho intramolecular Hbond substituents is 1. The van der Waals surface area contributed by atoms with Crippen molar-refractivity contribution in [3.63, 3.8) is 0 Å². The van der Waals surface area contributed by atoms with Crippen molar-refractivity contribution in [3.05, 3.63) is 40.1 Å². The maximum absolute atomic E-state index is 10.8. The van der Waals surface area contributed by atoms with Gasteiger partial charge in [0.15, 0.2) is 0 Å². The van der Waals surface area contributed by atoms with Crippen LogP contribution < -0.4 is 5.32 Å². The summed E-state index contributed by atoms with van der Waals surface area (Å²) in [7, 11) is 0. The predicted molar refractivity (Wildman–Crippen MR) is 133 cm³/mol. The topological polar surface area (TPSA) is 44.6 Å². The van der Waals surface area contributed by atoms with Gasteiger partial charge in [-0.1, -0.05) is 59.8 Å². The van der Waals surface area contributed by atoms with Gasteiger partial charge in [0, 0.05) is 29.6 Å². The Kier molecular flexibility index (Phi) is 7.97. The van der Waals surface area contributed by atoms with E-state index < -0.39 is 0 Å². The molecular weight excluding hydrogens is 396 g/mol. The van der Waals surface area contributed by atoms with E-state index in [0.29, 0.717) is 12.3 Å². The number of thioether (sulfide) groups is 1. The van der Waals surface area contributed by atoms with E-state index in [1.54, 1.807) is 11.8 Å². The fourth-order valence-corrected chi connectivity index (χ4v) is 4.18. The zero-order chi connectivity index (χ0) is 21.8. The standard InChI is InChI=1S/C24H36N2OS2/c1-23(2,3)17-13-16(21(27)19(14-17)24(4,5)6)15-25-11-12-26-20-10-8-9-18(20)22(28)29-7/h13-15,26-27H,8-12H2,1-7H3. The van der Waals surface area contributed by atoms with Crippen LogP contribution in [0.2, 0.25) is 0 Å². The molecule has 5 heteroatoms. The van der Waals surface area contributed by atoms with Crippen LogP contribution in [-0.2, 0) is 10.8 Å². The largest absolute Gasteiger partial charge is 0.507 e. The number of thiocarbonyl (C=S) groups is 1. The Balaban J connectivity index is 2.13. The Morgan fingerprint density at radius 3 is 2.45 bits per heavy atom. The van der Waals surface area contributed by atoms with Gasteiger partial charge in [0.05, 0.1) is 10.7 Å². The molecule has 160 valence electrons. The molecule has 0 fully saturated rings. The van der Waals surface area contributed by atoms with Gasteiger partial charge in [-0.3, -0.25) is 4.99 Å². The van der Waals surface area contributed by atoms with Crippen molar-refractivity contribution in [2.75, 3.05) is 19.3 Å². The fourth-order valence-electron chi connectivity index (χ4n) is 3.48. The lowest BCUT2D eigenvalue weighted by Crippen LogP contribution is -2.18. The molecule has 0 unspecified atom stereocenters. The van der Waals surface area contributed by atoms with Gasteiger partial charge >= 0.3 is 0 Å². The zero-order valence-corrected chi connectivity index (χ0v) is 20.6. The van der Waals surface area contributed by atoms with Gasteiger partial charge in [-0.15, -0.1) is 11.8 Å². The van der Waals surface area contributed by atoms with Gasteiger partial charge in [-0.05, 0) is 53.6 Å². The number of rotatable bonds is 6. The van der Waals surface area contributed by atoms with Gasteiger partial charge in [0.1, 0.15) is 5.75 Å². The van der Waals surface area contributed by atoms with Gasteiger partial charge in [0.25, 0.3) is 0 Å². The third-order valence-corrected chi connectivity index (χ3v) is 6.64. The van der Waals surface area contributed by atoms with Crippen molar-refractivity contribution in [1.29, 1.82) is 0 Å². The van der Waals surface area contributed by atoms with Crippen LogP contribution in [-0.4, -0.2) is 34.9 Å². The second kappa shape index (κ2) is 9.65. The average Bonchev–Trinajstić information content (AvgIpc) is 3.08. The summed E-state index contributed by atoms with van der Waals surface area (Å²) >= 11 is 7.11. The third kappa shape index (κ3) is 6.32. The first kappa shape index (κ1) is 23.9. The Morgan fingerprint density at radius 2 is 1.86 bits per heavy atom. The summed E-state index contributed by atoms with van der Waals surface area (Å²) in [5, 5.41) is 14.4. The van der Waals surface area contributed by atoms with Crippen LogP contribution in [0, 0.1) is 0 Å². The van der Waals surface area contributed by atoms with Crippen LogP contribution in [0.5, 0.6) is 5.75 Å². The first-order valence-corrected chi connectivity index (χ1v) is 12.0. The van der Waals surface area contributed by atoms with E-state index >= 15 is 0 Å². The monoisotopic (exact) mass is 432 g/mol. The SMILES string of the molecule is CSC(=S)C1=C(NCCN=Cc2cc(C(C)(C)C)cc(C(C)(C)C)c2O)CCC1. The van der Waals surface area contributed by atoms with Crippen LogP contribution in [0.3, 0.4) is 0 Å². The quantitative estimate of drug-likeness (QED) is 0.323. The van der Waals surface area contributed by atoms with E-state index in [1.807, 2.05) is 12.5 Å². The summed E-state index contributed by atoms with van der Waals surface area (Å²) in [5.41, 5.74) is 5.46. The number of hydrogen-bond donors (Lipinski definition) is 2. The predicted octanol–water partition coefficient (Wildman–Crippen LogP) is 6.12. The summed E-state index contributed by atoms with van der Waals surface area (Å²) in [4.78, 5) is 4.59. The van der Waals surface area contributed by atoms with Crippen molar-refractivity contribution in [3.8, 4) is 5.75 Å². The average molecular weight is 433 g/mol. The number of nitrogens with zero attached hydrogens (tertiary/aromatic N) is 1. The Hall–Kier alpha value is -1.33. The molecule has 0 spiro atoms. The van der Waals surface area contributed by atoms with Gasteiger partial charge in [-0.25, -0.2) is 0 Å². The number of allylic oxidation sites excluding steroid dienone is 1. The maximum Gasteiger partial charge on any atom is 0.128 e. The van der Waals surface area contributed by atoms with E-state index in [2.05, 4.69) is 64.0 Å². The molecule has 1 aliphatic rings. The van der Waals surface area contributed by atoms with Gasteiger partial charge < -0.3 is 10.4 Å². The molecule has 0 heterocycles. The smallest absolute Gasteiger partial charge is 0.128 e. The molecule has 0 saturated heterocycles. The lowest BCUT2D eigenvalue weighted by molar-refractivity contribution is 0.444. The molecule has 0 amide bonds. The van der Waals surface area contributed by atoms with Crippen LogP contribution in [0.15, 0.2) is 28.4 Å². The van der Waals surface area contributed by atoms with Gasteiger partial charge in [0.2, 0.25) is 0 Å². The lowest BCUT2D eigenvalue weighted by atomic mass is 9.79. The molecule has 0 saturated carbocycles. The molecule has 2 rings (SSSR count). The normalized spacial score (nSPS) is 15.4. The van der Waals surface area contributed by atoms with E-state index in [9.17, 15) is 5.11 Å². The Bertz CT molecular complexity index is 811. The first-order valence-electron chi connectivity index (χ1n) is 10.4. The van der Waals surface area contributed by atoms with Crippen molar-refractivity contribution in [2.24, 2.45) is 4.99 Å². The number of aliphatic imine (C=N–C) groups is 1. The molecule has 1 aromatic carbocycles. The minimum absolute atomic E-state index is 0.0128. The van der Waals surface area contributed by atoms with E-state index in [0.717, 1.165) is 34.7 Å². The highest BCUT2D eigenvalue weighted by atomic mass is 32.2. The second-order valence-corrected chi connectivity index (χ2v) is 11.2. The maximum atomic E-state index is 10.8. The number of nitrogens with one attached hydrogen (secondary N) is 1. The number of phenols is 1. The summed E-state index contributed by atoms with van der Waals surface area (Å²) in [6.07, 6.45) is 7.18. The van der Waals surface area contributed by atoms with Gasteiger partial charge in [-0.2, -0.15) is 0 Å². The summed E-state index contributed by atoms with van der Waals surface area (Å²) in [6, 6.07) is 4.20. The molecule has 0 bridgehead atoms. The molecule has 0 aromatic heterocycles. The van der Waals surface area contributed by atoms with Crippen molar-refractivity contribution < 1.29 is 5.11 Å². The van der Waals surface area contributed by atoms with Crippen molar-refractivity contribution >= 4 is 34.4 Å². The molecule has 3 nitrogen and oxygen atoms in total. The third-order valence-electron chi connectivity index (χ3n) is 5.27. The molecule has 0 aliphatic heterocycles. The summed E-state index contributed by atoms with van der Waals surface area (Å²) in [5.74, 6) is 0.341. The van der Waals surface area contributed by atoms with E-state index in [4.69, 9.17) is 12.2 Å². The molecule has 1 aliphatic carbocycles. The fraction of sp³-hybridized carbons (Fsp3) is 0.583. The second-order valence-electron chi connectivity index (χ2n) is 9.73. The minimum atomic E-state index is -0.128. The van der Waals surface area contributed by atoms with E-state index in [1.165, 1.54) is 23.3 Å². The molecule has 29 heavy (non-hydrogen) atoms. The molecule has 2 N–H and O–H groups in total. The summed E-state index contributed by atoms with van der Waals surface area (Å²) in [6.45, 7) is 14.4. The van der Waals surface area contributed by atoms with Crippen LogP contribution in [0.25, 0.3) is 0 Å². The number of benzene rings is 1. The highest BCUT2D eigenvalue weighted by Crippen LogP contribution is 2.37. The number of hydrogen-bond acceptors (Lipinski definition) is 5. The molecular formula is C24H36N2OS2. The molecule has 0 atom stereocenters. The van der Waals surface area contributed by atoms with Crippen LogP contribution in [0.4, 0.5) is 0 Å². The highest BCUT2D eigenvalue weighted by Gasteiger charge is 2.24. The van der Waals surface area contributed by atoms with Crippen LogP contribution >= 0.6 is 24.0 Å². The molecule has 0 radical (unpaired) electrons. The summed E-state index contributed by atoms with van der Waals surface area (Å²) < 4.78 is 1.01. The van der Waals surface area contributed by atoms with Crippen molar-refractivity contribution in [1.82, 2.24) is 5.32 Å². The van der Waals surface area contributed by atoms with Crippen molar-refractivity contribution in [2.45, 2.75) is 71.6 Å². The Morgan fingerprint density at radius 1 is 1.17 bits per heavy atom. The van der Waals surface area contributed by atoms with Crippen LogP contribution in [0.1, 0.15) is 77.5 Å². The lowest BCUT2D eigenvalue weighted by Gasteiger charge is -2.27. The zero-order valence-electron chi connectivity index (χ0n) is 19.0. The van der Waals surface area contributed by atoms with E-state index in [-0.39, 0.29) is 10.8 Å². The number of aromatic hydroxyl groups is 1. The minimum Gasteiger partial charge on any atom is -0.507 e. The molecule has 1 aromatic rings. The first-order chi connectivity index (χ1) is 13.4. The highest BCUT2D eigenvalue weighted by molar-refractivity contribution is 8.23.